The Labute approximate surface area is 124 Å². The number of aromatic nitrogens is 2. The molecule has 112 valence electrons. The van der Waals surface area contributed by atoms with E-state index in [1.165, 1.54) is 11.1 Å². The van der Waals surface area contributed by atoms with Crippen molar-refractivity contribution in [1.82, 2.24) is 10.1 Å². The third-order valence-electron chi connectivity index (χ3n) is 4.25. The lowest BCUT2D eigenvalue weighted by atomic mass is 9.99. The van der Waals surface area contributed by atoms with Crippen molar-refractivity contribution < 1.29 is 9.26 Å². The van der Waals surface area contributed by atoms with Gasteiger partial charge in [0, 0.05) is 0 Å². The summed E-state index contributed by atoms with van der Waals surface area (Å²) >= 11 is 0. The Morgan fingerprint density at radius 3 is 2.71 bits per heavy atom. The third kappa shape index (κ3) is 2.93. The van der Waals surface area contributed by atoms with Crippen LogP contribution in [0.5, 0.6) is 5.75 Å². The number of rotatable bonds is 4. The van der Waals surface area contributed by atoms with E-state index >= 15 is 0 Å². The smallest absolute Gasteiger partial charge is 0.264 e. The largest absolute Gasteiger partial charge is 0.484 e. The number of benzene rings is 1. The molecule has 21 heavy (non-hydrogen) atoms. The highest BCUT2D eigenvalue weighted by Crippen LogP contribution is 2.34. The summed E-state index contributed by atoms with van der Waals surface area (Å²) in [5.74, 6) is 1.89. The average molecular weight is 287 g/mol. The van der Waals surface area contributed by atoms with Crippen LogP contribution in [0.25, 0.3) is 0 Å². The van der Waals surface area contributed by atoms with E-state index in [-0.39, 0.29) is 6.61 Å². The first-order chi connectivity index (χ1) is 10.1. The quantitative estimate of drug-likeness (QED) is 0.935. The van der Waals surface area contributed by atoms with Crippen molar-refractivity contribution >= 4 is 0 Å². The molecule has 2 aromatic rings. The summed E-state index contributed by atoms with van der Waals surface area (Å²) in [7, 11) is 0. The Kier molecular flexibility index (Phi) is 3.68. The second-order valence-corrected chi connectivity index (χ2v) is 5.91. The lowest BCUT2D eigenvalue weighted by molar-refractivity contribution is 0.241. The van der Waals surface area contributed by atoms with Crippen molar-refractivity contribution in [1.29, 1.82) is 0 Å². The van der Waals surface area contributed by atoms with Crippen molar-refractivity contribution in [2.45, 2.75) is 51.7 Å². The number of hydrogen-bond donors (Lipinski definition) is 1. The van der Waals surface area contributed by atoms with Gasteiger partial charge in [-0.15, -0.1) is 0 Å². The van der Waals surface area contributed by atoms with Gasteiger partial charge in [0.2, 0.25) is 0 Å². The van der Waals surface area contributed by atoms with Crippen molar-refractivity contribution in [3.8, 4) is 5.75 Å². The molecule has 1 heterocycles. The SMILES string of the molecule is Cc1ccc(OCc2nc(C3(N)CCCC3)no2)cc1C. The van der Waals surface area contributed by atoms with Crippen LogP contribution in [0, 0.1) is 13.8 Å². The van der Waals surface area contributed by atoms with Crippen molar-refractivity contribution in [2.24, 2.45) is 5.73 Å². The molecule has 1 saturated carbocycles. The van der Waals surface area contributed by atoms with Gasteiger partial charge in [-0.2, -0.15) is 4.98 Å². The molecule has 0 atom stereocenters. The Balaban J connectivity index is 1.66. The van der Waals surface area contributed by atoms with Gasteiger partial charge in [-0.1, -0.05) is 24.1 Å². The minimum atomic E-state index is -0.414. The van der Waals surface area contributed by atoms with Crippen LogP contribution in [-0.2, 0) is 12.1 Å². The van der Waals surface area contributed by atoms with E-state index in [4.69, 9.17) is 15.0 Å². The summed E-state index contributed by atoms with van der Waals surface area (Å²) in [6.07, 6.45) is 4.09. The first-order valence-corrected chi connectivity index (χ1v) is 7.39. The van der Waals surface area contributed by atoms with E-state index in [9.17, 15) is 0 Å². The summed E-state index contributed by atoms with van der Waals surface area (Å²) in [4.78, 5) is 4.39. The van der Waals surface area contributed by atoms with E-state index in [1.807, 2.05) is 18.2 Å². The van der Waals surface area contributed by atoms with Crippen LogP contribution in [0.4, 0.5) is 0 Å². The van der Waals surface area contributed by atoms with E-state index in [1.54, 1.807) is 0 Å². The normalized spacial score (nSPS) is 17.1. The van der Waals surface area contributed by atoms with E-state index in [2.05, 4.69) is 24.0 Å². The highest BCUT2D eigenvalue weighted by atomic mass is 16.5. The zero-order valence-electron chi connectivity index (χ0n) is 12.6. The van der Waals surface area contributed by atoms with Crippen LogP contribution in [-0.4, -0.2) is 10.1 Å². The lowest BCUT2D eigenvalue weighted by Crippen LogP contribution is -2.34. The Bertz CT molecular complexity index is 630. The van der Waals surface area contributed by atoms with Crippen LogP contribution in [0.1, 0.15) is 48.5 Å². The molecule has 3 rings (SSSR count). The van der Waals surface area contributed by atoms with Crippen LogP contribution in [0.3, 0.4) is 0 Å². The number of nitrogens with zero attached hydrogens (tertiary/aromatic N) is 2. The van der Waals surface area contributed by atoms with Crippen molar-refractivity contribution in [2.75, 3.05) is 0 Å². The molecule has 0 unspecified atom stereocenters. The van der Waals surface area contributed by atoms with Gasteiger partial charge < -0.3 is 15.0 Å². The molecule has 1 aromatic heterocycles. The molecule has 1 fully saturated rings. The molecular weight excluding hydrogens is 266 g/mol. The topological polar surface area (TPSA) is 74.2 Å². The fourth-order valence-electron chi connectivity index (χ4n) is 2.69. The number of hydrogen-bond acceptors (Lipinski definition) is 5. The minimum absolute atomic E-state index is 0.269. The maximum atomic E-state index is 6.31. The maximum absolute atomic E-state index is 6.31. The molecule has 5 nitrogen and oxygen atoms in total. The average Bonchev–Trinajstić information content (AvgIpc) is 3.10. The monoisotopic (exact) mass is 287 g/mol. The van der Waals surface area contributed by atoms with Crippen molar-refractivity contribution in [3.05, 3.63) is 41.0 Å². The fourth-order valence-corrected chi connectivity index (χ4v) is 2.69. The number of nitrogens with two attached hydrogens (primary N) is 1. The molecule has 2 N–H and O–H groups in total. The molecule has 0 spiro atoms. The van der Waals surface area contributed by atoms with Crippen LogP contribution < -0.4 is 10.5 Å². The zero-order valence-corrected chi connectivity index (χ0v) is 12.6. The summed E-state index contributed by atoms with van der Waals surface area (Å²) in [6.45, 7) is 4.41. The van der Waals surface area contributed by atoms with E-state index in [0.717, 1.165) is 31.4 Å². The number of aryl methyl sites for hydroxylation is 2. The molecule has 0 bridgehead atoms. The van der Waals surface area contributed by atoms with Gasteiger partial charge in [0.1, 0.15) is 5.75 Å². The predicted octanol–water partition coefficient (Wildman–Crippen LogP) is 2.99. The Morgan fingerprint density at radius 2 is 2.00 bits per heavy atom. The minimum Gasteiger partial charge on any atom is -0.484 e. The number of ether oxygens (including phenoxy) is 1. The summed E-state index contributed by atoms with van der Waals surface area (Å²) in [6, 6.07) is 5.99. The lowest BCUT2D eigenvalue weighted by Gasteiger charge is -2.17. The summed E-state index contributed by atoms with van der Waals surface area (Å²) in [5, 5.41) is 4.02. The summed E-state index contributed by atoms with van der Waals surface area (Å²) in [5.41, 5.74) is 8.34. The second kappa shape index (κ2) is 5.48. The summed E-state index contributed by atoms with van der Waals surface area (Å²) < 4.78 is 11.0. The zero-order chi connectivity index (χ0) is 14.9. The molecule has 0 amide bonds. The van der Waals surface area contributed by atoms with Gasteiger partial charge in [0.15, 0.2) is 12.4 Å². The van der Waals surface area contributed by atoms with Gasteiger partial charge in [0.05, 0.1) is 5.54 Å². The Hall–Kier alpha value is -1.88. The first-order valence-electron chi connectivity index (χ1n) is 7.39. The van der Waals surface area contributed by atoms with Gasteiger partial charge in [0.25, 0.3) is 5.89 Å². The maximum Gasteiger partial charge on any atom is 0.264 e. The van der Waals surface area contributed by atoms with Gasteiger partial charge in [-0.3, -0.25) is 0 Å². The third-order valence-corrected chi connectivity index (χ3v) is 4.25. The second-order valence-electron chi connectivity index (χ2n) is 5.91. The molecule has 1 aliphatic carbocycles. The van der Waals surface area contributed by atoms with Crippen molar-refractivity contribution in [3.63, 3.8) is 0 Å². The van der Waals surface area contributed by atoms with Gasteiger partial charge >= 0.3 is 0 Å². The molecule has 0 radical (unpaired) electrons. The standard InChI is InChI=1S/C16H21N3O2/c1-11-5-6-13(9-12(11)2)20-10-14-18-15(19-21-14)16(17)7-3-4-8-16/h5-6,9H,3-4,7-8,10,17H2,1-2H3. The Morgan fingerprint density at radius 1 is 1.24 bits per heavy atom. The first kappa shape index (κ1) is 14.1. The van der Waals surface area contributed by atoms with Gasteiger partial charge in [-0.05, 0) is 49.9 Å². The van der Waals surface area contributed by atoms with Gasteiger partial charge in [-0.25, -0.2) is 0 Å². The molecule has 1 aromatic carbocycles. The molecule has 0 aliphatic heterocycles. The molecule has 1 aliphatic rings. The van der Waals surface area contributed by atoms with E-state index < -0.39 is 5.54 Å². The predicted molar refractivity (Wildman–Crippen MR) is 78.9 cm³/mol. The molecular formula is C16H21N3O2. The van der Waals surface area contributed by atoms with Crippen LogP contribution >= 0.6 is 0 Å². The fraction of sp³-hybridized carbons (Fsp3) is 0.500. The highest BCUT2D eigenvalue weighted by molar-refractivity contribution is 5.33. The highest BCUT2D eigenvalue weighted by Gasteiger charge is 2.35. The van der Waals surface area contributed by atoms with Crippen LogP contribution in [0.15, 0.2) is 22.7 Å². The van der Waals surface area contributed by atoms with E-state index in [0.29, 0.717) is 11.7 Å². The van der Waals surface area contributed by atoms with Crippen LogP contribution in [0.2, 0.25) is 0 Å². The molecule has 0 saturated heterocycles. The molecule has 5 heteroatoms.